The van der Waals surface area contributed by atoms with Crippen LogP contribution in [0, 0.1) is 6.92 Å². The number of hydrogen-bond acceptors (Lipinski definition) is 6. The lowest BCUT2D eigenvalue weighted by Crippen LogP contribution is -2.44. The van der Waals surface area contributed by atoms with Gasteiger partial charge in [-0.05, 0) is 38.6 Å². The highest BCUT2D eigenvalue weighted by Crippen LogP contribution is 2.28. The number of likely N-dealkylation sites (N-methyl/N-ethyl adjacent to an activating group) is 1. The molecule has 3 heterocycles. The molecule has 26 heavy (non-hydrogen) atoms. The van der Waals surface area contributed by atoms with Crippen molar-refractivity contribution in [1.82, 2.24) is 24.8 Å². The molecule has 0 bridgehead atoms. The number of aromatic nitrogens is 4. The molecular formula is C19H25N7. The van der Waals surface area contributed by atoms with Crippen LogP contribution in [0.2, 0.25) is 0 Å². The average Bonchev–Trinajstić information content (AvgIpc) is 3.08. The van der Waals surface area contributed by atoms with Crippen LogP contribution >= 0.6 is 0 Å². The number of hydrogen-bond donors (Lipinski definition) is 2. The minimum Gasteiger partial charge on any atom is -0.369 e. The van der Waals surface area contributed by atoms with E-state index in [1.165, 1.54) is 11.3 Å². The van der Waals surface area contributed by atoms with Gasteiger partial charge in [-0.1, -0.05) is 0 Å². The second-order valence-corrected chi connectivity index (χ2v) is 6.86. The van der Waals surface area contributed by atoms with Gasteiger partial charge < -0.3 is 20.1 Å². The maximum atomic E-state index is 4.77. The van der Waals surface area contributed by atoms with Crippen molar-refractivity contribution in [2.75, 3.05) is 50.0 Å². The molecule has 3 aromatic rings. The van der Waals surface area contributed by atoms with Gasteiger partial charge in [0.1, 0.15) is 5.82 Å². The first-order valence-electron chi connectivity index (χ1n) is 9.14. The minimum absolute atomic E-state index is 0.640. The van der Waals surface area contributed by atoms with E-state index in [0.717, 1.165) is 55.1 Å². The molecule has 1 saturated heterocycles. The van der Waals surface area contributed by atoms with Crippen molar-refractivity contribution in [2.45, 2.75) is 13.8 Å². The summed E-state index contributed by atoms with van der Waals surface area (Å²) in [6.45, 7) is 9.26. The van der Waals surface area contributed by atoms with E-state index >= 15 is 0 Å². The number of nitrogens with zero attached hydrogens (tertiary/aromatic N) is 5. The summed E-state index contributed by atoms with van der Waals surface area (Å²) in [5.41, 5.74) is 5.41. The standard InChI is InChI=1S/C19H25N7/c1-4-20-19-21-11-14(12-22-19)18-23-16-10-15(9-13(2)17(16)24-18)26-7-5-25(3)6-8-26/h9-12H,4-8H2,1-3H3,(H,23,24)(H,20,21,22). The van der Waals surface area contributed by atoms with Crippen LogP contribution < -0.4 is 10.2 Å². The number of anilines is 2. The normalized spacial score (nSPS) is 15.6. The first-order valence-corrected chi connectivity index (χ1v) is 9.14. The van der Waals surface area contributed by atoms with E-state index in [9.17, 15) is 0 Å². The fourth-order valence-corrected chi connectivity index (χ4v) is 3.36. The van der Waals surface area contributed by atoms with Crippen molar-refractivity contribution in [3.8, 4) is 11.4 Å². The Morgan fingerprint density at radius 2 is 1.85 bits per heavy atom. The Morgan fingerprint density at radius 3 is 2.54 bits per heavy atom. The quantitative estimate of drug-likeness (QED) is 0.752. The van der Waals surface area contributed by atoms with Crippen molar-refractivity contribution in [3.05, 3.63) is 30.1 Å². The van der Waals surface area contributed by atoms with E-state index < -0.39 is 0 Å². The van der Waals surface area contributed by atoms with E-state index in [0.29, 0.717) is 5.95 Å². The lowest BCUT2D eigenvalue weighted by molar-refractivity contribution is 0.313. The summed E-state index contributed by atoms with van der Waals surface area (Å²) < 4.78 is 0. The van der Waals surface area contributed by atoms with Crippen LogP contribution in [0.4, 0.5) is 11.6 Å². The molecule has 0 amide bonds. The third-order valence-corrected chi connectivity index (χ3v) is 4.89. The van der Waals surface area contributed by atoms with Gasteiger partial charge >= 0.3 is 0 Å². The lowest BCUT2D eigenvalue weighted by Gasteiger charge is -2.34. The molecule has 0 aliphatic carbocycles. The third kappa shape index (κ3) is 3.22. The smallest absolute Gasteiger partial charge is 0.222 e. The first kappa shape index (κ1) is 16.8. The molecule has 0 atom stereocenters. The van der Waals surface area contributed by atoms with Crippen molar-refractivity contribution in [3.63, 3.8) is 0 Å². The Bertz CT molecular complexity index is 892. The van der Waals surface area contributed by atoms with Gasteiger partial charge in [-0.3, -0.25) is 0 Å². The Labute approximate surface area is 153 Å². The van der Waals surface area contributed by atoms with E-state index in [4.69, 9.17) is 4.98 Å². The number of nitrogens with one attached hydrogen (secondary N) is 2. The largest absolute Gasteiger partial charge is 0.369 e. The van der Waals surface area contributed by atoms with E-state index in [-0.39, 0.29) is 0 Å². The highest BCUT2D eigenvalue weighted by Gasteiger charge is 2.17. The van der Waals surface area contributed by atoms with Gasteiger partial charge in [0, 0.05) is 50.8 Å². The van der Waals surface area contributed by atoms with Crippen LogP contribution in [0.1, 0.15) is 12.5 Å². The maximum Gasteiger partial charge on any atom is 0.222 e. The Hall–Kier alpha value is -2.67. The van der Waals surface area contributed by atoms with Gasteiger partial charge in [0.2, 0.25) is 5.95 Å². The molecule has 0 radical (unpaired) electrons. The third-order valence-electron chi connectivity index (χ3n) is 4.89. The lowest BCUT2D eigenvalue weighted by atomic mass is 10.1. The van der Waals surface area contributed by atoms with Crippen LogP contribution in [0.25, 0.3) is 22.4 Å². The highest BCUT2D eigenvalue weighted by atomic mass is 15.2. The van der Waals surface area contributed by atoms with Crippen LogP contribution in [-0.2, 0) is 0 Å². The van der Waals surface area contributed by atoms with Crippen LogP contribution in [0.15, 0.2) is 24.5 Å². The van der Waals surface area contributed by atoms with Gasteiger partial charge in [-0.25, -0.2) is 15.0 Å². The Balaban J connectivity index is 1.65. The molecule has 4 rings (SSSR count). The number of aromatic amines is 1. The van der Waals surface area contributed by atoms with Gasteiger partial charge in [0.15, 0.2) is 0 Å². The van der Waals surface area contributed by atoms with E-state index in [1.807, 2.05) is 6.92 Å². The fourth-order valence-electron chi connectivity index (χ4n) is 3.36. The number of aryl methyl sites for hydroxylation is 1. The summed E-state index contributed by atoms with van der Waals surface area (Å²) in [5, 5.41) is 3.11. The molecule has 0 saturated carbocycles. The molecule has 1 aliphatic rings. The number of imidazole rings is 1. The molecule has 7 heteroatoms. The van der Waals surface area contributed by atoms with Crippen molar-refractivity contribution < 1.29 is 0 Å². The monoisotopic (exact) mass is 351 g/mol. The molecule has 2 aromatic heterocycles. The summed E-state index contributed by atoms with van der Waals surface area (Å²) in [5.74, 6) is 1.45. The zero-order valence-corrected chi connectivity index (χ0v) is 15.6. The number of H-pyrrole nitrogens is 1. The molecule has 2 N–H and O–H groups in total. The SMILES string of the molecule is CCNc1ncc(-c2nc3c(C)cc(N4CCN(C)CC4)cc3[nH]2)cn1. The second kappa shape index (κ2) is 6.92. The number of benzene rings is 1. The summed E-state index contributed by atoms with van der Waals surface area (Å²) in [6.07, 6.45) is 3.61. The highest BCUT2D eigenvalue weighted by molar-refractivity contribution is 5.85. The van der Waals surface area contributed by atoms with Crippen molar-refractivity contribution >= 4 is 22.7 Å². The minimum atomic E-state index is 0.640. The maximum absolute atomic E-state index is 4.77. The van der Waals surface area contributed by atoms with Crippen molar-refractivity contribution in [1.29, 1.82) is 0 Å². The molecule has 1 aromatic carbocycles. The zero-order valence-electron chi connectivity index (χ0n) is 15.6. The van der Waals surface area contributed by atoms with Gasteiger partial charge in [-0.2, -0.15) is 0 Å². The molecule has 136 valence electrons. The number of rotatable bonds is 4. The Kier molecular flexibility index (Phi) is 4.46. The zero-order chi connectivity index (χ0) is 18.1. The van der Waals surface area contributed by atoms with E-state index in [1.54, 1.807) is 12.4 Å². The fraction of sp³-hybridized carbons (Fsp3) is 0.421. The topological polar surface area (TPSA) is 73.0 Å². The summed E-state index contributed by atoms with van der Waals surface area (Å²) in [7, 11) is 2.18. The molecular weight excluding hydrogens is 326 g/mol. The predicted octanol–water partition coefficient (Wildman–Crippen LogP) is 2.51. The van der Waals surface area contributed by atoms with Crippen LogP contribution in [0.5, 0.6) is 0 Å². The molecule has 1 fully saturated rings. The molecule has 0 spiro atoms. The van der Waals surface area contributed by atoms with E-state index in [2.05, 4.69) is 56.2 Å². The van der Waals surface area contributed by atoms with Gasteiger partial charge in [0.25, 0.3) is 0 Å². The summed E-state index contributed by atoms with van der Waals surface area (Å²) >= 11 is 0. The first-order chi connectivity index (χ1) is 12.6. The van der Waals surface area contributed by atoms with Crippen molar-refractivity contribution in [2.24, 2.45) is 0 Å². The second-order valence-electron chi connectivity index (χ2n) is 6.86. The summed E-state index contributed by atoms with van der Waals surface area (Å²) in [6, 6.07) is 4.45. The van der Waals surface area contributed by atoms with Gasteiger partial charge in [0.05, 0.1) is 16.6 Å². The average molecular weight is 351 g/mol. The molecule has 0 unspecified atom stereocenters. The predicted molar refractivity (Wildman–Crippen MR) is 106 cm³/mol. The molecule has 7 nitrogen and oxygen atoms in total. The van der Waals surface area contributed by atoms with Crippen LogP contribution in [-0.4, -0.2) is 64.6 Å². The molecule has 1 aliphatic heterocycles. The number of fused-ring (bicyclic) bond motifs is 1. The number of piperazine rings is 1. The van der Waals surface area contributed by atoms with Gasteiger partial charge in [-0.15, -0.1) is 0 Å². The summed E-state index contributed by atoms with van der Waals surface area (Å²) in [4.78, 5) is 21.7. The van der Waals surface area contributed by atoms with Crippen LogP contribution in [0.3, 0.4) is 0 Å². The Morgan fingerprint density at radius 1 is 1.12 bits per heavy atom.